The van der Waals surface area contributed by atoms with Crippen molar-refractivity contribution in [2.24, 2.45) is 5.14 Å². The van der Waals surface area contributed by atoms with E-state index in [1.807, 2.05) is 18.2 Å². The Labute approximate surface area is 221 Å². The van der Waals surface area contributed by atoms with E-state index < -0.39 is 16.1 Å². The smallest absolute Gasteiger partial charge is 0.407 e. The van der Waals surface area contributed by atoms with E-state index >= 15 is 0 Å². The third kappa shape index (κ3) is 4.90. The van der Waals surface area contributed by atoms with Crippen LogP contribution >= 0.6 is 11.3 Å². The lowest BCUT2D eigenvalue weighted by atomic mass is 9.94. The molecular formula is C25H23N7O4S2. The number of rotatable bonds is 6. The van der Waals surface area contributed by atoms with Gasteiger partial charge >= 0.3 is 6.09 Å². The van der Waals surface area contributed by atoms with Gasteiger partial charge in [0.15, 0.2) is 0 Å². The molecule has 0 aliphatic heterocycles. The fourth-order valence-corrected chi connectivity index (χ4v) is 6.36. The van der Waals surface area contributed by atoms with Crippen molar-refractivity contribution in [2.45, 2.75) is 36.8 Å². The van der Waals surface area contributed by atoms with Gasteiger partial charge in [-0.05, 0) is 54.3 Å². The molecule has 3 heterocycles. The van der Waals surface area contributed by atoms with Crippen LogP contribution in [0.2, 0.25) is 0 Å². The largest absolute Gasteiger partial charge is 0.446 e. The predicted octanol–water partition coefficient (Wildman–Crippen LogP) is 3.74. The first-order valence-electron chi connectivity index (χ1n) is 11.8. The molecule has 0 saturated carbocycles. The summed E-state index contributed by atoms with van der Waals surface area (Å²) >= 11 is 1.60. The molecule has 1 atom stereocenters. The van der Waals surface area contributed by atoms with Gasteiger partial charge in [-0.25, -0.2) is 28.3 Å². The number of aryl methyl sites for hydroxylation is 1. The van der Waals surface area contributed by atoms with Gasteiger partial charge in [-0.3, -0.25) is 5.10 Å². The third-order valence-electron chi connectivity index (χ3n) is 6.47. The summed E-state index contributed by atoms with van der Waals surface area (Å²) in [4.78, 5) is 23.5. The van der Waals surface area contributed by atoms with Crippen molar-refractivity contribution in [2.75, 3.05) is 5.32 Å². The van der Waals surface area contributed by atoms with E-state index in [0.717, 1.165) is 49.5 Å². The molecule has 0 fully saturated rings. The van der Waals surface area contributed by atoms with Crippen LogP contribution in [0.25, 0.3) is 21.1 Å². The normalized spacial score (nSPS) is 15.3. The first-order valence-corrected chi connectivity index (χ1v) is 14.2. The summed E-state index contributed by atoms with van der Waals surface area (Å²) in [6, 6.07) is 12.0. The van der Waals surface area contributed by atoms with E-state index in [0.29, 0.717) is 12.8 Å². The maximum absolute atomic E-state index is 12.4. The number of H-pyrrole nitrogens is 1. The van der Waals surface area contributed by atoms with Crippen molar-refractivity contribution in [3.63, 3.8) is 0 Å². The van der Waals surface area contributed by atoms with E-state index in [2.05, 4.69) is 30.8 Å². The SMILES string of the molecule is NS(=O)(=O)c1ccc(CNC(=O)OC2CCc3c(sc4ncnc(Nc5ccc6[nH]ncc6c5)c34)C2)cc1. The molecule has 1 aliphatic rings. The molecule has 2 aromatic carbocycles. The highest BCUT2D eigenvalue weighted by Gasteiger charge is 2.27. The fourth-order valence-electron chi connectivity index (χ4n) is 4.60. The second-order valence-corrected chi connectivity index (χ2v) is 11.7. The molecule has 0 radical (unpaired) electrons. The number of ether oxygens (including phenoxy) is 1. The third-order valence-corrected chi connectivity index (χ3v) is 8.56. The fraction of sp³-hybridized carbons (Fsp3) is 0.200. The van der Waals surface area contributed by atoms with Crippen LogP contribution in [0.15, 0.2) is 59.9 Å². The Morgan fingerprint density at radius 3 is 2.84 bits per heavy atom. The Morgan fingerprint density at radius 2 is 2.03 bits per heavy atom. The number of primary sulfonamides is 1. The predicted molar refractivity (Wildman–Crippen MR) is 144 cm³/mol. The summed E-state index contributed by atoms with van der Waals surface area (Å²) in [7, 11) is -3.76. The molecule has 0 bridgehead atoms. The molecule has 5 aromatic rings. The highest BCUT2D eigenvalue weighted by molar-refractivity contribution is 7.89. The lowest BCUT2D eigenvalue weighted by molar-refractivity contribution is 0.0899. The number of amides is 1. The van der Waals surface area contributed by atoms with Crippen molar-refractivity contribution in [3.05, 3.63) is 71.0 Å². The van der Waals surface area contributed by atoms with Crippen molar-refractivity contribution in [1.29, 1.82) is 0 Å². The lowest BCUT2D eigenvalue weighted by Gasteiger charge is -2.23. The summed E-state index contributed by atoms with van der Waals surface area (Å²) in [5.41, 5.74) is 3.79. The van der Waals surface area contributed by atoms with Gasteiger partial charge in [0, 0.05) is 28.9 Å². The molecule has 6 rings (SSSR count). The molecule has 1 aliphatic carbocycles. The van der Waals surface area contributed by atoms with Crippen LogP contribution in [0.5, 0.6) is 0 Å². The van der Waals surface area contributed by atoms with Gasteiger partial charge in [0.2, 0.25) is 10.0 Å². The van der Waals surface area contributed by atoms with Crippen molar-refractivity contribution < 1.29 is 17.9 Å². The minimum absolute atomic E-state index is 0.0206. The number of hydrogen-bond donors (Lipinski definition) is 4. The minimum atomic E-state index is -3.76. The number of fused-ring (bicyclic) bond motifs is 4. The summed E-state index contributed by atoms with van der Waals surface area (Å²) in [5, 5.41) is 20.3. The number of nitrogens with zero attached hydrogens (tertiary/aromatic N) is 3. The van der Waals surface area contributed by atoms with E-state index in [9.17, 15) is 13.2 Å². The van der Waals surface area contributed by atoms with E-state index in [1.165, 1.54) is 17.7 Å². The molecular weight excluding hydrogens is 526 g/mol. The van der Waals surface area contributed by atoms with Crippen LogP contribution in [0.1, 0.15) is 22.4 Å². The van der Waals surface area contributed by atoms with Crippen LogP contribution in [-0.4, -0.2) is 40.8 Å². The number of nitrogens with one attached hydrogen (secondary N) is 3. The van der Waals surface area contributed by atoms with E-state index in [1.54, 1.807) is 36.0 Å². The van der Waals surface area contributed by atoms with Gasteiger partial charge in [-0.2, -0.15) is 5.10 Å². The zero-order valence-corrected chi connectivity index (χ0v) is 21.6. The van der Waals surface area contributed by atoms with E-state index in [-0.39, 0.29) is 17.5 Å². The number of hydrogen-bond acceptors (Lipinski definition) is 9. The Morgan fingerprint density at radius 1 is 1.18 bits per heavy atom. The van der Waals surface area contributed by atoms with Crippen LogP contribution in [0.3, 0.4) is 0 Å². The average molecular weight is 550 g/mol. The molecule has 0 saturated heterocycles. The first-order chi connectivity index (χ1) is 18.3. The number of alkyl carbamates (subject to hydrolysis) is 1. The van der Waals surface area contributed by atoms with Gasteiger partial charge in [-0.15, -0.1) is 11.3 Å². The Balaban J connectivity index is 1.12. The second kappa shape index (κ2) is 9.67. The van der Waals surface area contributed by atoms with Gasteiger partial charge < -0.3 is 15.4 Å². The number of carbonyl (C=O) groups is 1. The number of benzene rings is 2. The van der Waals surface area contributed by atoms with Crippen LogP contribution in [-0.2, 0) is 34.1 Å². The zero-order chi connectivity index (χ0) is 26.3. The monoisotopic (exact) mass is 549 g/mol. The Bertz CT molecular complexity index is 1760. The molecule has 3 aromatic heterocycles. The molecule has 194 valence electrons. The highest BCUT2D eigenvalue weighted by Crippen LogP contribution is 2.39. The first kappa shape index (κ1) is 24.3. The lowest BCUT2D eigenvalue weighted by Crippen LogP contribution is -2.31. The molecule has 1 amide bonds. The summed E-state index contributed by atoms with van der Waals surface area (Å²) in [6.07, 6.45) is 4.59. The number of aromatic amines is 1. The number of sulfonamides is 1. The number of anilines is 2. The summed E-state index contributed by atoms with van der Waals surface area (Å²) in [6.45, 7) is 0.208. The Kier molecular flexibility index (Phi) is 6.18. The summed E-state index contributed by atoms with van der Waals surface area (Å²) in [5.74, 6) is 0.751. The van der Waals surface area contributed by atoms with Gasteiger partial charge in [0.1, 0.15) is 23.1 Å². The summed E-state index contributed by atoms with van der Waals surface area (Å²) < 4.78 is 28.5. The van der Waals surface area contributed by atoms with Crippen molar-refractivity contribution in [3.8, 4) is 0 Å². The molecule has 11 nitrogen and oxygen atoms in total. The van der Waals surface area contributed by atoms with Crippen LogP contribution in [0.4, 0.5) is 16.3 Å². The maximum atomic E-state index is 12.4. The number of carbonyl (C=O) groups excluding carboxylic acids is 1. The highest BCUT2D eigenvalue weighted by atomic mass is 32.2. The maximum Gasteiger partial charge on any atom is 0.407 e. The average Bonchev–Trinajstić information content (AvgIpc) is 3.51. The molecule has 38 heavy (non-hydrogen) atoms. The number of thiophene rings is 1. The topological polar surface area (TPSA) is 165 Å². The van der Waals surface area contributed by atoms with Crippen LogP contribution in [0, 0.1) is 0 Å². The Hall–Kier alpha value is -4.07. The van der Waals surface area contributed by atoms with Crippen LogP contribution < -0.4 is 15.8 Å². The van der Waals surface area contributed by atoms with Gasteiger partial charge in [0.25, 0.3) is 0 Å². The molecule has 0 spiro atoms. The quantitative estimate of drug-likeness (QED) is 0.249. The second-order valence-electron chi connectivity index (χ2n) is 9.02. The standard InChI is InChI=1S/C25H23N7O4S2/c26-38(34,35)18-5-1-14(2-6-18)11-27-25(33)36-17-4-7-19-21(10-17)37-24-22(19)23(28-13-29-24)31-16-3-8-20-15(9-16)12-30-32-20/h1-3,5-6,8-9,12-13,17H,4,7,10-11H2,(H,27,33)(H,30,32)(H2,26,34,35)(H,28,29,31). The van der Waals surface area contributed by atoms with Crippen molar-refractivity contribution in [1.82, 2.24) is 25.5 Å². The van der Waals surface area contributed by atoms with Crippen molar-refractivity contribution >= 4 is 60.1 Å². The molecule has 13 heteroatoms. The number of nitrogens with two attached hydrogens (primary N) is 1. The van der Waals surface area contributed by atoms with Gasteiger partial charge in [0.05, 0.1) is 22.0 Å². The molecule has 5 N–H and O–H groups in total. The number of aromatic nitrogens is 4. The molecule has 1 unspecified atom stereocenters. The van der Waals surface area contributed by atoms with Gasteiger partial charge in [-0.1, -0.05) is 12.1 Å². The van der Waals surface area contributed by atoms with E-state index in [4.69, 9.17) is 9.88 Å². The minimum Gasteiger partial charge on any atom is -0.446 e. The zero-order valence-electron chi connectivity index (χ0n) is 20.0.